The Labute approximate surface area is 117 Å². The molecule has 2 fully saturated rings. The van der Waals surface area contributed by atoms with Gasteiger partial charge in [-0.15, -0.1) is 0 Å². The molecule has 4 rings (SSSR count). The molecule has 0 radical (unpaired) electrons. The molecule has 1 aromatic rings. The van der Waals surface area contributed by atoms with Gasteiger partial charge in [0.2, 0.25) is 11.8 Å². The minimum absolute atomic E-state index is 0.0941. The Morgan fingerprint density at radius 3 is 2.05 bits per heavy atom. The van der Waals surface area contributed by atoms with E-state index in [1.807, 2.05) is 18.2 Å². The molecule has 1 N–H and O–H groups in total. The van der Waals surface area contributed by atoms with Crippen LogP contribution in [0.15, 0.2) is 48.1 Å². The molecule has 2 bridgehead atoms. The van der Waals surface area contributed by atoms with Crippen molar-refractivity contribution in [1.82, 2.24) is 5.32 Å². The van der Waals surface area contributed by atoms with E-state index in [2.05, 4.69) is 36.5 Å². The fraction of sp³-hybridized carbons (Fsp3) is 0.294. The predicted molar refractivity (Wildman–Crippen MR) is 75.3 cm³/mol. The average molecular weight is 265 g/mol. The van der Waals surface area contributed by atoms with Crippen molar-refractivity contribution in [1.29, 1.82) is 0 Å². The fourth-order valence-electron chi connectivity index (χ4n) is 4.04. The lowest BCUT2D eigenvalue weighted by Crippen LogP contribution is -2.26. The lowest BCUT2D eigenvalue weighted by atomic mass is 9.85. The van der Waals surface area contributed by atoms with E-state index < -0.39 is 0 Å². The van der Waals surface area contributed by atoms with Crippen molar-refractivity contribution in [2.75, 3.05) is 0 Å². The van der Waals surface area contributed by atoms with Gasteiger partial charge in [0.15, 0.2) is 0 Å². The molecular formula is C17H15NO2. The molecule has 2 amide bonds. The van der Waals surface area contributed by atoms with Crippen molar-refractivity contribution >= 4 is 17.4 Å². The predicted octanol–water partition coefficient (Wildman–Crippen LogP) is 2.16. The van der Waals surface area contributed by atoms with Crippen LogP contribution in [0.1, 0.15) is 12.5 Å². The van der Waals surface area contributed by atoms with E-state index in [0.717, 1.165) is 0 Å². The van der Waals surface area contributed by atoms with E-state index in [-0.39, 0.29) is 35.5 Å². The first-order valence-corrected chi connectivity index (χ1v) is 6.97. The Hall–Kier alpha value is -2.16. The quantitative estimate of drug-likeness (QED) is 0.625. The molecule has 3 nitrogen and oxygen atoms in total. The molecule has 2 aliphatic carbocycles. The van der Waals surface area contributed by atoms with E-state index in [4.69, 9.17) is 0 Å². The lowest BCUT2D eigenvalue weighted by Gasteiger charge is -2.14. The summed E-state index contributed by atoms with van der Waals surface area (Å²) in [6, 6.07) is 10.2. The van der Waals surface area contributed by atoms with Crippen LogP contribution < -0.4 is 5.32 Å². The summed E-state index contributed by atoms with van der Waals surface area (Å²) < 4.78 is 0. The highest BCUT2D eigenvalue weighted by Crippen LogP contribution is 2.55. The van der Waals surface area contributed by atoms with Crippen molar-refractivity contribution in [3.8, 4) is 0 Å². The molecule has 3 heteroatoms. The second-order valence-corrected chi connectivity index (χ2v) is 5.79. The minimum atomic E-state index is -0.189. The summed E-state index contributed by atoms with van der Waals surface area (Å²) in [5.74, 6) is -0.393. The Morgan fingerprint density at radius 2 is 1.50 bits per heavy atom. The van der Waals surface area contributed by atoms with Crippen LogP contribution in [0.25, 0.3) is 5.57 Å². The largest absolute Gasteiger partial charge is 0.296 e. The Kier molecular flexibility index (Phi) is 2.28. The summed E-state index contributed by atoms with van der Waals surface area (Å²) in [7, 11) is 0. The zero-order valence-corrected chi connectivity index (χ0v) is 11.2. The molecule has 1 heterocycles. The molecule has 0 aromatic heterocycles. The van der Waals surface area contributed by atoms with E-state index in [1.165, 1.54) is 16.7 Å². The number of fused-ring (bicyclic) bond motifs is 5. The topological polar surface area (TPSA) is 46.2 Å². The molecule has 0 unspecified atom stereocenters. The third-order valence-electron chi connectivity index (χ3n) is 4.90. The number of nitrogens with one attached hydrogen (secondary N) is 1. The van der Waals surface area contributed by atoms with Gasteiger partial charge in [0, 0.05) is 11.8 Å². The first-order valence-electron chi connectivity index (χ1n) is 6.97. The Bertz CT molecular complexity index is 639. The molecule has 3 aliphatic rings. The van der Waals surface area contributed by atoms with Gasteiger partial charge in [-0.25, -0.2) is 0 Å². The van der Waals surface area contributed by atoms with Gasteiger partial charge >= 0.3 is 0 Å². The molecule has 100 valence electrons. The van der Waals surface area contributed by atoms with Crippen LogP contribution in [0, 0.1) is 23.7 Å². The summed E-state index contributed by atoms with van der Waals surface area (Å²) in [4.78, 5) is 23.9. The minimum Gasteiger partial charge on any atom is -0.296 e. The number of carbonyl (C=O) groups excluding carboxylic acids is 2. The number of amides is 2. The smallest absolute Gasteiger partial charge is 0.231 e. The maximum absolute atomic E-state index is 12.0. The number of allylic oxidation sites excluding steroid dienone is 4. The lowest BCUT2D eigenvalue weighted by molar-refractivity contribution is -0.126. The highest BCUT2D eigenvalue weighted by atomic mass is 16.2. The maximum Gasteiger partial charge on any atom is 0.231 e. The van der Waals surface area contributed by atoms with Crippen molar-refractivity contribution < 1.29 is 9.59 Å². The van der Waals surface area contributed by atoms with Crippen LogP contribution in [-0.4, -0.2) is 11.8 Å². The van der Waals surface area contributed by atoms with E-state index in [9.17, 15) is 9.59 Å². The van der Waals surface area contributed by atoms with Crippen LogP contribution in [0.4, 0.5) is 0 Å². The van der Waals surface area contributed by atoms with Crippen molar-refractivity contribution in [2.24, 2.45) is 23.7 Å². The zero-order valence-electron chi connectivity index (χ0n) is 11.2. The molecule has 4 atom stereocenters. The normalized spacial score (nSPS) is 36.2. The van der Waals surface area contributed by atoms with E-state index in [1.54, 1.807) is 0 Å². The van der Waals surface area contributed by atoms with E-state index >= 15 is 0 Å². The third-order valence-corrected chi connectivity index (χ3v) is 4.90. The van der Waals surface area contributed by atoms with Gasteiger partial charge in [0.1, 0.15) is 0 Å². The van der Waals surface area contributed by atoms with Gasteiger partial charge in [-0.1, -0.05) is 48.1 Å². The zero-order chi connectivity index (χ0) is 13.9. The summed E-state index contributed by atoms with van der Waals surface area (Å²) in [6.07, 6.45) is 4.21. The van der Waals surface area contributed by atoms with Gasteiger partial charge in [-0.2, -0.15) is 0 Å². The average Bonchev–Trinajstić information content (AvgIpc) is 3.10. The van der Waals surface area contributed by atoms with Gasteiger partial charge in [0.25, 0.3) is 0 Å². The number of rotatable bonds is 1. The van der Waals surface area contributed by atoms with Gasteiger partial charge < -0.3 is 0 Å². The molecule has 20 heavy (non-hydrogen) atoms. The molecular weight excluding hydrogens is 250 g/mol. The van der Waals surface area contributed by atoms with Crippen molar-refractivity contribution in [3.05, 3.63) is 53.6 Å². The number of hydrogen-bond donors (Lipinski definition) is 1. The first kappa shape index (κ1) is 11.6. The highest BCUT2D eigenvalue weighted by molar-refractivity contribution is 6.07. The fourth-order valence-corrected chi connectivity index (χ4v) is 4.04. The van der Waals surface area contributed by atoms with Crippen LogP contribution in [-0.2, 0) is 9.59 Å². The number of benzene rings is 1. The van der Waals surface area contributed by atoms with Crippen molar-refractivity contribution in [2.45, 2.75) is 6.92 Å². The first-order chi connectivity index (χ1) is 9.68. The number of hydrogen-bond acceptors (Lipinski definition) is 2. The molecule has 1 saturated carbocycles. The molecule has 1 aromatic carbocycles. The maximum atomic E-state index is 12.0. The van der Waals surface area contributed by atoms with Gasteiger partial charge in [-0.05, 0) is 18.1 Å². The number of imide groups is 1. The van der Waals surface area contributed by atoms with Crippen LogP contribution in [0.2, 0.25) is 0 Å². The molecule has 0 spiro atoms. The van der Waals surface area contributed by atoms with Crippen molar-refractivity contribution in [3.63, 3.8) is 0 Å². The van der Waals surface area contributed by atoms with Gasteiger partial charge in [0.05, 0.1) is 11.8 Å². The van der Waals surface area contributed by atoms with Gasteiger partial charge in [-0.3, -0.25) is 14.9 Å². The summed E-state index contributed by atoms with van der Waals surface area (Å²) in [5, 5.41) is 2.48. The van der Waals surface area contributed by atoms with Crippen LogP contribution in [0.3, 0.4) is 0 Å². The summed E-state index contributed by atoms with van der Waals surface area (Å²) in [6.45, 7) is 2.10. The standard InChI is InChI=1S/C17H15NO2/c1-9(10-5-3-2-4-6-10)13-11-7-8-12(13)15-14(11)16(19)18-17(15)20/h2-8,11-12,14-15H,1H3,(H,18,19,20)/t11-,12+,14-,15-/m1/s1. The SMILES string of the molecule is CC(=C1[C@H]2C=C[C@@H]1[C@H]1C(=O)NC(=O)[C@@H]12)c1ccccc1. The second kappa shape index (κ2) is 3.92. The molecule has 1 saturated heterocycles. The summed E-state index contributed by atoms with van der Waals surface area (Å²) in [5.41, 5.74) is 3.64. The summed E-state index contributed by atoms with van der Waals surface area (Å²) >= 11 is 0. The third kappa shape index (κ3) is 1.35. The Balaban J connectivity index is 1.84. The van der Waals surface area contributed by atoms with Crippen LogP contribution >= 0.6 is 0 Å². The highest BCUT2D eigenvalue weighted by Gasteiger charge is 2.58. The van der Waals surface area contributed by atoms with E-state index in [0.29, 0.717) is 0 Å². The second-order valence-electron chi connectivity index (χ2n) is 5.79. The Morgan fingerprint density at radius 1 is 0.950 bits per heavy atom. The molecule has 1 aliphatic heterocycles. The number of carbonyl (C=O) groups is 2. The van der Waals surface area contributed by atoms with Crippen LogP contribution in [0.5, 0.6) is 0 Å². The monoisotopic (exact) mass is 265 g/mol.